The molecule has 41 heavy (non-hydrogen) atoms. The summed E-state index contributed by atoms with van der Waals surface area (Å²) in [5, 5.41) is 2.11. The molecule has 6 nitrogen and oxygen atoms in total. The number of hydrogen-bond acceptors (Lipinski definition) is 4. The number of nitrogens with one attached hydrogen (secondary N) is 2. The maximum Gasteiger partial charge on any atom is 0.405 e. The van der Waals surface area contributed by atoms with Crippen LogP contribution in [-0.4, -0.2) is 40.1 Å². The van der Waals surface area contributed by atoms with Crippen molar-refractivity contribution in [3.05, 3.63) is 77.4 Å². The van der Waals surface area contributed by atoms with Gasteiger partial charge in [-0.25, -0.2) is 8.42 Å². The molecule has 0 saturated carbocycles. The topological polar surface area (TPSA) is 78.5 Å². The summed E-state index contributed by atoms with van der Waals surface area (Å²) in [6.45, 7) is 2.18. The Labute approximate surface area is 239 Å². The zero-order valence-corrected chi connectivity index (χ0v) is 23.7. The molecule has 1 unspecified atom stereocenters. The van der Waals surface area contributed by atoms with Crippen LogP contribution >= 0.6 is 0 Å². The van der Waals surface area contributed by atoms with Gasteiger partial charge in [0.2, 0.25) is 5.91 Å². The van der Waals surface area contributed by atoms with Crippen molar-refractivity contribution in [1.29, 1.82) is 0 Å². The van der Waals surface area contributed by atoms with E-state index in [1.165, 1.54) is 12.1 Å². The number of carbonyl (C=O) groups excluding carboxylic acids is 1. The summed E-state index contributed by atoms with van der Waals surface area (Å²) in [7, 11) is -4.00. The van der Waals surface area contributed by atoms with E-state index in [2.05, 4.69) is 21.9 Å². The van der Waals surface area contributed by atoms with E-state index in [1.807, 2.05) is 6.07 Å². The molecule has 1 aliphatic heterocycles. The monoisotopic (exact) mass is 585 g/mol. The van der Waals surface area contributed by atoms with Crippen LogP contribution in [-0.2, 0) is 21.2 Å². The second kappa shape index (κ2) is 11.8. The Bertz CT molecular complexity index is 1520. The van der Waals surface area contributed by atoms with E-state index in [-0.39, 0.29) is 4.90 Å². The maximum atomic E-state index is 13.6. The molecule has 2 N–H and O–H groups in total. The van der Waals surface area contributed by atoms with Crippen LogP contribution in [0, 0.1) is 0 Å². The van der Waals surface area contributed by atoms with Gasteiger partial charge in [0, 0.05) is 24.3 Å². The molecular weight excluding hydrogens is 551 g/mol. The number of rotatable bonds is 9. The van der Waals surface area contributed by atoms with Crippen LogP contribution in [0.5, 0.6) is 0 Å². The molecule has 1 aliphatic carbocycles. The Morgan fingerprint density at radius 2 is 1.68 bits per heavy atom. The first-order valence-electron chi connectivity index (χ1n) is 14.1. The van der Waals surface area contributed by atoms with Gasteiger partial charge in [-0.15, -0.1) is 0 Å². The zero-order valence-electron chi connectivity index (χ0n) is 22.9. The average molecular weight is 586 g/mol. The Morgan fingerprint density at radius 1 is 1.00 bits per heavy atom. The molecule has 2 aliphatic rings. The Balaban J connectivity index is 1.74. The quantitative estimate of drug-likeness (QED) is 0.296. The smallest absolute Gasteiger partial charge is 0.371 e. The highest BCUT2D eigenvalue weighted by atomic mass is 32.2. The van der Waals surface area contributed by atoms with Crippen LogP contribution in [0.1, 0.15) is 61.6 Å². The van der Waals surface area contributed by atoms with E-state index < -0.39 is 34.6 Å². The van der Waals surface area contributed by atoms with E-state index >= 15 is 0 Å². The lowest BCUT2D eigenvalue weighted by atomic mass is 9.87. The lowest BCUT2D eigenvalue weighted by Crippen LogP contribution is -2.37. The molecule has 1 atom stereocenters. The number of sulfonamides is 1. The normalized spacial score (nSPS) is 16.7. The van der Waals surface area contributed by atoms with E-state index in [1.54, 1.807) is 42.5 Å². The summed E-state index contributed by atoms with van der Waals surface area (Å²) in [5.41, 5.74) is 4.41. The number of hydrogen-bond donors (Lipinski definition) is 2. The molecule has 0 radical (unpaired) electrons. The zero-order chi connectivity index (χ0) is 29.2. The number of amides is 1. The molecule has 0 aromatic heterocycles. The predicted molar refractivity (Wildman–Crippen MR) is 155 cm³/mol. The molecule has 3 aromatic carbocycles. The number of fused-ring (bicyclic) bond motifs is 3. The molecule has 218 valence electrons. The van der Waals surface area contributed by atoms with Crippen molar-refractivity contribution in [1.82, 2.24) is 5.32 Å². The minimum absolute atomic E-state index is 0.0917. The fourth-order valence-corrected chi connectivity index (χ4v) is 7.03. The SMILES string of the molecule is CCCCc1c(N2CCCCC2)cc(NS(=O)(=O)c2ccccc2)c2c1C(C(=O)NCC(F)(F)F)c1ccccc1-2. The van der Waals surface area contributed by atoms with Crippen LogP contribution in [0.2, 0.25) is 0 Å². The lowest BCUT2D eigenvalue weighted by Gasteiger charge is -2.33. The number of halogens is 3. The fourth-order valence-electron chi connectivity index (χ4n) is 5.95. The van der Waals surface area contributed by atoms with Gasteiger partial charge in [-0.3, -0.25) is 9.52 Å². The average Bonchev–Trinajstić information content (AvgIpc) is 3.31. The molecule has 1 heterocycles. The molecular formula is C31H34F3N3O3S. The summed E-state index contributed by atoms with van der Waals surface area (Å²) < 4.78 is 69.4. The standard InChI is InChI=1S/C31H34F3N3O3S/c1-2-3-14-24-26(37-17-10-5-11-18-37)19-25(36-41(39,40)21-12-6-4-7-13-21)27-22-15-8-9-16-23(22)29(28(24)27)30(38)35-20-31(32,33)34/h4,6-9,12-13,15-16,19,29,36H,2-3,5,10-11,14,17-18,20H2,1H3,(H,35,38). The highest BCUT2D eigenvalue weighted by Gasteiger charge is 2.40. The first-order valence-corrected chi connectivity index (χ1v) is 15.6. The summed E-state index contributed by atoms with van der Waals surface area (Å²) >= 11 is 0. The van der Waals surface area contributed by atoms with Gasteiger partial charge in [0.1, 0.15) is 6.54 Å². The van der Waals surface area contributed by atoms with Crippen molar-refractivity contribution in [3.63, 3.8) is 0 Å². The number of nitrogens with zero attached hydrogens (tertiary/aromatic N) is 1. The van der Waals surface area contributed by atoms with Gasteiger partial charge in [0.15, 0.2) is 0 Å². The number of alkyl halides is 3. The molecule has 1 saturated heterocycles. The van der Waals surface area contributed by atoms with Crippen LogP contribution < -0.4 is 14.9 Å². The highest BCUT2D eigenvalue weighted by molar-refractivity contribution is 7.92. The minimum atomic E-state index is -4.56. The van der Waals surface area contributed by atoms with Gasteiger partial charge >= 0.3 is 6.18 Å². The Hall–Kier alpha value is -3.53. The van der Waals surface area contributed by atoms with Gasteiger partial charge in [-0.1, -0.05) is 55.8 Å². The number of unbranched alkanes of at least 4 members (excludes halogenated alkanes) is 1. The molecule has 1 amide bonds. The van der Waals surface area contributed by atoms with Crippen molar-refractivity contribution in [3.8, 4) is 11.1 Å². The number of carbonyl (C=O) groups is 1. The molecule has 0 bridgehead atoms. The van der Waals surface area contributed by atoms with Gasteiger partial charge in [-0.05, 0) is 72.6 Å². The van der Waals surface area contributed by atoms with E-state index in [0.717, 1.165) is 56.4 Å². The minimum Gasteiger partial charge on any atom is -0.371 e. The summed E-state index contributed by atoms with van der Waals surface area (Å²) in [4.78, 5) is 15.9. The number of anilines is 2. The van der Waals surface area contributed by atoms with Crippen LogP contribution in [0.15, 0.2) is 65.6 Å². The third-order valence-electron chi connectivity index (χ3n) is 7.78. The summed E-state index contributed by atoms with van der Waals surface area (Å²) in [6.07, 6.45) is 0.800. The molecule has 10 heteroatoms. The molecule has 1 fully saturated rings. The van der Waals surface area contributed by atoms with Crippen molar-refractivity contribution >= 4 is 27.3 Å². The third-order valence-corrected chi connectivity index (χ3v) is 9.17. The van der Waals surface area contributed by atoms with E-state index in [4.69, 9.17) is 0 Å². The largest absolute Gasteiger partial charge is 0.405 e. The van der Waals surface area contributed by atoms with E-state index in [9.17, 15) is 26.4 Å². The summed E-state index contributed by atoms with van der Waals surface area (Å²) in [6, 6.07) is 17.0. The van der Waals surface area contributed by atoms with Crippen molar-refractivity contribution in [2.45, 2.75) is 62.4 Å². The van der Waals surface area contributed by atoms with Crippen LogP contribution in [0.25, 0.3) is 11.1 Å². The second-order valence-electron chi connectivity index (χ2n) is 10.6. The van der Waals surface area contributed by atoms with Gasteiger partial charge in [0.05, 0.1) is 16.5 Å². The van der Waals surface area contributed by atoms with Crippen molar-refractivity contribution < 1.29 is 26.4 Å². The highest BCUT2D eigenvalue weighted by Crippen LogP contribution is 2.53. The number of piperidine rings is 1. The van der Waals surface area contributed by atoms with Gasteiger partial charge in [0.25, 0.3) is 10.0 Å². The predicted octanol–water partition coefficient (Wildman–Crippen LogP) is 6.61. The Kier molecular flexibility index (Phi) is 8.31. The van der Waals surface area contributed by atoms with Gasteiger partial charge in [-0.2, -0.15) is 13.2 Å². The first kappa shape index (κ1) is 29.0. The second-order valence-corrected chi connectivity index (χ2v) is 12.3. The molecule has 0 spiro atoms. The van der Waals surface area contributed by atoms with Crippen molar-refractivity contribution in [2.75, 3.05) is 29.3 Å². The Morgan fingerprint density at radius 3 is 2.37 bits per heavy atom. The van der Waals surface area contributed by atoms with Crippen LogP contribution in [0.3, 0.4) is 0 Å². The molecule has 3 aromatic rings. The van der Waals surface area contributed by atoms with E-state index in [0.29, 0.717) is 34.4 Å². The number of benzene rings is 3. The molecule has 5 rings (SSSR count). The van der Waals surface area contributed by atoms with Crippen molar-refractivity contribution in [2.24, 2.45) is 0 Å². The fraction of sp³-hybridized carbons (Fsp3) is 0.387. The van der Waals surface area contributed by atoms with Crippen LogP contribution in [0.4, 0.5) is 24.5 Å². The first-order chi connectivity index (χ1) is 19.6. The summed E-state index contributed by atoms with van der Waals surface area (Å²) in [5.74, 6) is -1.75. The maximum absolute atomic E-state index is 13.6. The third kappa shape index (κ3) is 6.07. The van der Waals surface area contributed by atoms with Gasteiger partial charge < -0.3 is 10.2 Å². The lowest BCUT2D eigenvalue weighted by molar-refractivity contribution is -0.138.